The van der Waals surface area contributed by atoms with Gasteiger partial charge in [-0.25, -0.2) is 0 Å². The number of benzene rings is 1. The maximum absolute atomic E-state index is 11.2. The molecule has 0 radical (unpaired) electrons. The summed E-state index contributed by atoms with van der Waals surface area (Å²) in [5.74, 6) is 0.857. The lowest BCUT2D eigenvalue weighted by molar-refractivity contribution is -0.114. The minimum Gasteiger partial charge on any atom is -0.360 e. The van der Waals surface area contributed by atoms with Gasteiger partial charge in [-0.15, -0.1) is 11.3 Å². The molecule has 0 spiro atoms. The maximum Gasteiger partial charge on any atom is 0.221 e. The van der Waals surface area contributed by atoms with E-state index in [9.17, 15) is 4.79 Å². The van der Waals surface area contributed by atoms with E-state index in [1.807, 2.05) is 31.3 Å². The van der Waals surface area contributed by atoms with Gasteiger partial charge in [-0.05, 0) is 35.2 Å². The molecule has 0 aliphatic carbocycles. The van der Waals surface area contributed by atoms with Crippen molar-refractivity contribution >= 4 is 33.9 Å². The molecule has 6 nitrogen and oxygen atoms in total. The first-order valence-corrected chi connectivity index (χ1v) is 9.64. The standard InChI is InChI=1S/C19H25N5OS/c1-15(25)22-17-6-3-5-16(13-17)14-21-19(20-2)24-10-8-23(9-11-24)18-7-4-12-26-18/h3-7,12-13H,8-11,14H2,1-2H3,(H,20,21)(H,22,25). The zero-order valence-electron chi connectivity index (χ0n) is 15.2. The number of carbonyl (C=O) groups excluding carboxylic acids is 1. The van der Waals surface area contributed by atoms with Crippen LogP contribution in [0.5, 0.6) is 0 Å². The Hall–Kier alpha value is -2.54. The zero-order valence-corrected chi connectivity index (χ0v) is 16.1. The molecule has 2 aromatic rings. The number of guanidine groups is 1. The molecule has 2 heterocycles. The van der Waals surface area contributed by atoms with Crippen molar-refractivity contribution < 1.29 is 4.79 Å². The summed E-state index contributed by atoms with van der Waals surface area (Å²) < 4.78 is 0. The Bertz CT molecular complexity index is 751. The molecule has 1 aromatic heterocycles. The Morgan fingerprint density at radius 2 is 2.00 bits per heavy atom. The third kappa shape index (κ3) is 4.76. The number of rotatable bonds is 4. The predicted octanol–water partition coefficient (Wildman–Crippen LogP) is 2.60. The van der Waals surface area contributed by atoms with E-state index >= 15 is 0 Å². The lowest BCUT2D eigenvalue weighted by atomic mass is 10.2. The normalized spacial score (nSPS) is 15.1. The average Bonchev–Trinajstić information content (AvgIpc) is 3.17. The van der Waals surface area contributed by atoms with Gasteiger partial charge < -0.3 is 20.4 Å². The van der Waals surface area contributed by atoms with Crippen molar-refractivity contribution in [1.82, 2.24) is 10.2 Å². The fraction of sp³-hybridized carbons (Fsp3) is 0.368. The van der Waals surface area contributed by atoms with Gasteiger partial charge in [0, 0.05) is 52.4 Å². The minimum atomic E-state index is -0.0606. The van der Waals surface area contributed by atoms with Gasteiger partial charge in [0.1, 0.15) is 0 Å². The molecule has 0 bridgehead atoms. The van der Waals surface area contributed by atoms with Crippen LogP contribution in [0.4, 0.5) is 10.7 Å². The van der Waals surface area contributed by atoms with Gasteiger partial charge in [0.25, 0.3) is 0 Å². The van der Waals surface area contributed by atoms with Crippen molar-refractivity contribution in [2.24, 2.45) is 4.99 Å². The van der Waals surface area contributed by atoms with Crippen LogP contribution in [-0.4, -0.2) is 50.0 Å². The summed E-state index contributed by atoms with van der Waals surface area (Å²) in [7, 11) is 1.82. The van der Waals surface area contributed by atoms with Crippen molar-refractivity contribution in [1.29, 1.82) is 0 Å². The van der Waals surface area contributed by atoms with Crippen LogP contribution in [0.1, 0.15) is 12.5 Å². The number of anilines is 2. The molecule has 2 N–H and O–H groups in total. The number of amides is 1. The van der Waals surface area contributed by atoms with Crippen LogP contribution < -0.4 is 15.5 Å². The van der Waals surface area contributed by atoms with Crippen LogP contribution in [0.25, 0.3) is 0 Å². The third-order valence-electron chi connectivity index (χ3n) is 4.31. The largest absolute Gasteiger partial charge is 0.360 e. The second-order valence-corrected chi connectivity index (χ2v) is 7.13. The van der Waals surface area contributed by atoms with Crippen LogP contribution in [0.2, 0.25) is 0 Å². The Labute approximate surface area is 158 Å². The molecule has 7 heteroatoms. The average molecular weight is 372 g/mol. The van der Waals surface area contributed by atoms with Gasteiger partial charge in [-0.2, -0.15) is 0 Å². The second-order valence-electron chi connectivity index (χ2n) is 6.21. The van der Waals surface area contributed by atoms with E-state index in [1.54, 1.807) is 11.3 Å². The van der Waals surface area contributed by atoms with Gasteiger partial charge in [0.15, 0.2) is 5.96 Å². The van der Waals surface area contributed by atoms with Crippen molar-refractivity contribution in [3.8, 4) is 0 Å². The number of piperazine rings is 1. The molecule has 0 saturated carbocycles. The van der Waals surface area contributed by atoms with Crippen molar-refractivity contribution in [2.75, 3.05) is 43.4 Å². The smallest absolute Gasteiger partial charge is 0.221 e. The zero-order chi connectivity index (χ0) is 18.4. The topological polar surface area (TPSA) is 60.0 Å². The number of nitrogens with one attached hydrogen (secondary N) is 2. The number of aliphatic imine (C=N–C) groups is 1. The number of thiophene rings is 1. The first kappa shape index (κ1) is 18.3. The van der Waals surface area contributed by atoms with Crippen LogP contribution >= 0.6 is 11.3 Å². The molecule has 1 amide bonds. The molecule has 138 valence electrons. The number of nitrogens with zero attached hydrogens (tertiary/aromatic N) is 3. The summed E-state index contributed by atoms with van der Waals surface area (Å²) in [4.78, 5) is 20.3. The SMILES string of the molecule is CN=C(NCc1cccc(NC(C)=O)c1)N1CCN(c2cccs2)CC1. The summed E-state index contributed by atoms with van der Waals surface area (Å²) in [6.07, 6.45) is 0. The van der Waals surface area contributed by atoms with Gasteiger partial charge in [0.05, 0.1) is 5.00 Å². The predicted molar refractivity (Wildman–Crippen MR) is 109 cm³/mol. The summed E-state index contributed by atoms with van der Waals surface area (Å²) >= 11 is 1.79. The lowest BCUT2D eigenvalue weighted by Gasteiger charge is -2.37. The Kier molecular flexibility index (Phi) is 6.12. The molecule has 0 atom stereocenters. The first-order valence-electron chi connectivity index (χ1n) is 8.76. The highest BCUT2D eigenvalue weighted by atomic mass is 32.1. The first-order chi connectivity index (χ1) is 12.7. The van der Waals surface area contributed by atoms with Crippen LogP contribution in [-0.2, 0) is 11.3 Å². The molecule has 0 unspecified atom stereocenters. The number of hydrogen-bond donors (Lipinski definition) is 2. The van der Waals surface area contributed by atoms with E-state index in [2.05, 4.69) is 42.9 Å². The van der Waals surface area contributed by atoms with Crippen LogP contribution in [0.3, 0.4) is 0 Å². The highest BCUT2D eigenvalue weighted by Crippen LogP contribution is 2.22. The van der Waals surface area contributed by atoms with E-state index in [-0.39, 0.29) is 5.91 Å². The molecule has 1 aliphatic heterocycles. The second kappa shape index (κ2) is 8.71. The van der Waals surface area contributed by atoms with Crippen molar-refractivity contribution in [3.05, 3.63) is 47.3 Å². The molecule has 3 rings (SSSR count). The maximum atomic E-state index is 11.2. The monoisotopic (exact) mass is 371 g/mol. The van der Waals surface area contributed by atoms with Crippen molar-refractivity contribution in [2.45, 2.75) is 13.5 Å². The Balaban J connectivity index is 1.53. The highest BCUT2D eigenvalue weighted by molar-refractivity contribution is 7.14. The van der Waals surface area contributed by atoms with Gasteiger partial charge >= 0.3 is 0 Å². The molecular formula is C19H25N5OS. The van der Waals surface area contributed by atoms with Gasteiger partial charge in [-0.3, -0.25) is 9.79 Å². The quantitative estimate of drug-likeness (QED) is 0.641. The fourth-order valence-electron chi connectivity index (χ4n) is 3.06. The van der Waals surface area contributed by atoms with E-state index in [1.165, 1.54) is 11.9 Å². The van der Waals surface area contributed by atoms with Gasteiger partial charge in [0.2, 0.25) is 5.91 Å². The van der Waals surface area contributed by atoms with E-state index < -0.39 is 0 Å². The molecule has 1 fully saturated rings. The van der Waals surface area contributed by atoms with E-state index in [0.29, 0.717) is 6.54 Å². The Morgan fingerprint density at radius 3 is 2.65 bits per heavy atom. The lowest BCUT2D eigenvalue weighted by Crippen LogP contribution is -2.52. The summed E-state index contributed by atoms with van der Waals surface area (Å²) in [5, 5.41) is 9.71. The molecule has 26 heavy (non-hydrogen) atoms. The van der Waals surface area contributed by atoms with E-state index in [0.717, 1.165) is 43.4 Å². The summed E-state index contributed by atoms with van der Waals surface area (Å²) in [6, 6.07) is 12.1. The number of hydrogen-bond acceptors (Lipinski definition) is 4. The van der Waals surface area contributed by atoms with Gasteiger partial charge in [-0.1, -0.05) is 12.1 Å². The third-order valence-corrected chi connectivity index (χ3v) is 5.24. The molecular weight excluding hydrogens is 346 g/mol. The molecule has 1 aromatic carbocycles. The fourth-order valence-corrected chi connectivity index (χ4v) is 3.85. The Morgan fingerprint density at radius 1 is 1.19 bits per heavy atom. The van der Waals surface area contributed by atoms with Crippen LogP contribution in [0, 0.1) is 0 Å². The summed E-state index contributed by atoms with van der Waals surface area (Å²) in [5.41, 5.74) is 1.92. The summed E-state index contributed by atoms with van der Waals surface area (Å²) in [6.45, 7) is 6.08. The minimum absolute atomic E-state index is 0.0606. The molecule has 1 aliphatic rings. The van der Waals surface area contributed by atoms with Crippen LogP contribution in [0.15, 0.2) is 46.8 Å². The van der Waals surface area contributed by atoms with Crippen molar-refractivity contribution in [3.63, 3.8) is 0 Å². The number of carbonyl (C=O) groups is 1. The molecule has 1 saturated heterocycles. The van der Waals surface area contributed by atoms with E-state index in [4.69, 9.17) is 0 Å². The highest BCUT2D eigenvalue weighted by Gasteiger charge is 2.20.